The van der Waals surface area contributed by atoms with Gasteiger partial charge in [-0.25, -0.2) is 0 Å². The third-order valence-corrected chi connectivity index (χ3v) is 3.13. The molecule has 2 heterocycles. The summed E-state index contributed by atoms with van der Waals surface area (Å²) in [7, 11) is 0. The van der Waals surface area contributed by atoms with Crippen molar-refractivity contribution in [2.45, 2.75) is 13.8 Å². The molecule has 0 spiro atoms. The van der Waals surface area contributed by atoms with Crippen LogP contribution in [-0.2, 0) is 0 Å². The Bertz CT molecular complexity index is 752. The number of hydrogen-bond donors (Lipinski definition) is 0. The average molecular weight is 287 g/mol. The van der Waals surface area contributed by atoms with Crippen molar-refractivity contribution in [2.24, 2.45) is 0 Å². The lowest BCUT2D eigenvalue weighted by Crippen LogP contribution is -1.91. The minimum atomic E-state index is 0.371. The quantitative estimate of drug-likeness (QED) is 0.722. The molecule has 0 radical (unpaired) electrons. The second-order valence-electron chi connectivity index (χ2n) is 4.47. The monoisotopic (exact) mass is 286 g/mol. The predicted octanol–water partition coefficient (Wildman–Crippen LogP) is 3.46. The molecule has 3 rings (SSSR count). The lowest BCUT2D eigenvalue weighted by atomic mass is 10.1. The first-order valence-electron chi connectivity index (χ1n) is 6.04. The molecule has 0 atom stereocenters. The molecule has 6 heteroatoms. The maximum Gasteiger partial charge on any atom is 0.259 e. The van der Waals surface area contributed by atoms with Gasteiger partial charge in [-0.1, -0.05) is 28.4 Å². The van der Waals surface area contributed by atoms with Crippen molar-refractivity contribution >= 4 is 11.6 Å². The van der Waals surface area contributed by atoms with Gasteiger partial charge in [0.05, 0.1) is 16.3 Å². The van der Waals surface area contributed by atoms with Crippen LogP contribution in [0.5, 0.6) is 0 Å². The Kier molecular flexibility index (Phi) is 3.20. The van der Waals surface area contributed by atoms with Crippen molar-refractivity contribution in [1.82, 2.24) is 20.3 Å². The lowest BCUT2D eigenvalue weighted by Gasteiger charge is -1.99. The standard InChI is InChI=1S/C14H11ClN4O/c1-8-3-5-11(15)10(7-8)14-16-13(19-20-14)12-6-4-9(2)17-18-12/h3-7H,1-2H3. The highest BCUT2D eigenvalue weighted by Gasteiger charge is 2.14. The molecule has 0 saturated carbocycles. The molecule has 20 heavy (non-hydrogen) atoms. The zero-order chi connectivity index (χ0) is 14.1. The number of aromatic nitrogens is 4. The number of benzene rings is 1. The van der Waals surface area contributed by atoms with E-state index in [-0.39, 0.29) is 0 Å². The number of nitrogens with zero attached hydrogens (tertiary/aromatic N) is 4. The lowest BCUT2D eigenvalue weighted by molar-refractivity contribution is 0.432. The third kappa shape index (κ3) is 2.40. The SMILES string of the molecule is Cc1ccc(Cl)c(-c2nc(-c3ccc(C)nn3)no2)c1. The van der Waals surface area contributed by atoms with E-state index in [1.807, 2.05) is 38.1 Å². The summed E-state index contributed by atoms with van der Waals surface area (Å²) in [6, 6.07) is 9.28. The molecule has 0 aliphatic heterocycles. The average Bonchev–Trinajstić information content (AvgIpc) is 2.92. The minimum absolute atomic E-state index is 0.371. The number of hydrogen-bond acceptors (Lipinski definition) is 5. The summed E-state index contributed by atoms with van der Waals surface area (Å²) in [6.45, 7) is 3.84. The van der Waals surface area contributed by atoms with E-state index in [1.54, 1.807) is 6.07 Å². The van der Waals surface area contributed by atoms with Gasteiger partial charge < -0.3 is 4.52 Å². The van der Waals surface area contributed by atoms with Crippen LogP contribution in [0.15, 0.2) is 34.9 Å². The van der Waals surface area contributed by atoms with Crippen molar-refractivity contribution in [1.29, 1.82) is 0 Å². The predicted molar refractivity (Wildman–Crippen MR) is 75.2 cm³/mol. The Labute approximate surface area is 120 Å². The summed E-state index contributed by atoms with van der Waals surface area (Å²) in [4.78, 5) is 4.32. The third-order valence-electron chi connectivity index (χ3n) is 2.81. The fraction of sp³-hybridized carbons (Fsp3) is 0.143. The minimum Gasteiger partial charge on any atom is -0.334 e. The summed E-state index contributed by atoms with van der Waals surface area (Å²) in [5, 5.41) is 12.5. The van der Waals surface area contributed by atoms with E-state index in [9.17, 15) is 0 Å². The van der Waals surface area contributed by atoms with Crippen LogP contribution in [0.25, 0.3) is 23.0 Å². The maximum atomic E-state index is 6.15. The van der Waals surface area contributed by atoms with Gasteiger partial charge in [0, 0.05) is 0 Å². The van der Waals surface area contributed by atoms with E-state index < -0.39 is 0 Å². The summed E-state index contributed by atoms with van der Waals surface area (Å²) in [5.41, 5.74) is 3.18. The molecule has 3 aromatic rings. The first kappa shape index (κ1) is 12.7. The van der Waals surface area contributed by atoms with Crippen LogP contribution in [0.4, 0.5) is 0 Å². The largest absolute Gasteiger partial charge is 0.334 e. The van der Waals surface area contributed by atoms with Crippen molar-refractivity contribution in [2.75, 3.05) is 0 Å². The molecule has 0 unspecified atom stereocenters. The highest BCUT2D eigenvalue weighted by Crippen LogP contribution is 2.28. The molecule has 0 N–H and O–H groups in total. The molecule has 0 amide bonds. The van der Waals surface area contributed by atoms with Crippen molar-refractivity contribution in [3.05, 3.63) is 46.6 Å². The van der Waals surface area contributed by atoms with E-state index in [0.717, 1.165) is 11.3 Å². The van der Waals surface area contributed by atoms with Gasteiger partial charge in [0.25, 0.3) is 5.89 Å². The molecule has 0 bridgehead atoms. The van der Waals surface area contributed by atoms with E-state index in [2.05, 4.69) is 20.3 Å². The highest BCUT2D eigenvalue weighted by molar-refractivity contribution is 6.33. The Morgan fingerprint density at radius 1 is 1.05 bits per heavy atom. The maximum absolute atomic E-state index is 6.15. The second kappa shape index (κ2) is 5.02. The Hall–Kier alpha value is -2.27. The first-order valence-corrected chi connectivity index (χ1v) is 6.42. The van der Waals surface area contributed by atoms with Gasteiger partial charge >= 0.3 is 0 Å². The fourth-order valence-electron chi connectivity index (χ4n) is 1.76. The zero-order valence-electron chi connectivity index (χ0n) is 11.0. The molecule has 1 aromatic carbocycles. The van der Waals surface area contributed by atoms with Gasteiger partial charge in [0.15, 0.2) is 0 Å². The molecule has 100 valence electrons. The van der Waals surface area contributed by atoms with Crippen LogP contribution in [0.1, 0.15) is 11.3 Å². The van der Waals surface area contributed by atoms with Crippen molar-refractivity contribution in [3.8, 4) is 23.0 Å². The smallest absolute Gasteiger partial charge is 0.259 e. The van der Waals surface area contributed by atoms with Gasteiger partial charge in [-0.15, -0.1) is 5.10 Å². The molecule has 0 saturated heterocycles. The number of aryl methyl sites for hydroxylation is 2. The number of halogens is 1. The molecular weight excluding hydrogens is 276 g/mol. The summed E-state index contributed by atoms with van der Waals surface area (Å²) in [5.74, 6) is 0.765. The Balaban J connectivity index is 2.01. The molecule has 0 aliphatic rings. The summed E-state index contributed by atoms with van der Waals surface area (Å²) < 4.78 is 5.26. The van der Waals surface area contributed by atoms with Crippen molar-refractivity contribution < 1.29 is 4.52 Å². The van der Waals surface area contributed by atoms with Gasteiger partial charge in [-0.3, -0.25) is 0 Å². The molecule has 0 fully saturated rings. The van der Waals surface area contributed by atoms with Crippen LogP contribution in [-0.4, -0.2) is 20.3 Å². The Morgan fingerprint density at radius 3 is 2.65 bits per heavy atom. The number of rotatable bonds is 2. The van der Waals surface area contributed by atoms with Crippen LogP contribution in [0.2, 0.25) is 5.02 Å². The second-order valence-corrected chi connectivity index (χ2v) is 4.87. The first-order chi connectivity index (χ1) is 9.63. The highest BCUT2D eigenvalue weighted by atomic mass is 35.5. The molecule has 2 aromatic heterocycles. The van der Waals surface area contributed by atoms with E-state index in [4.69, 9.17) is 16.1 Å². The van der Waals surface area contributed by atoms with Crippen LogP contribution < -0.4 is 0 Å². The van der Waals surface area contributed by atoms with Crippen molar-refractivity contribution in [3.63, 3.8) is 0 Å². The Morgan fingerprint density at radius 2 is 1.90 bits per heavy atom. The van der Waals surface area contributed by atoms with E-state index >= 15 is 0 Å². The van der Waals surface area contributed by atoms with Crippen LogP contribution in [0, 0.1) is 13.8 Å². The normalized spacial score (nSPS) is 10.8. The molecule has 5 nitrogen and oxygen atoms in total. The fourth-order valence-corrected chi connectivity index (χ4v) is 1.96. The molecular formula is C14H11ClN4O. The van der Waals surface area contributed by atoms with E-state index in [0.29, 0.717) is 28.0 Å². The van der Waals surface area contributed by atoms with Crippen LogP contribution in [0.3, 0.4) is 0 Å². The van der Waals surface area contributed by atoms with Gasteiger partial charge in [-0.05, 0) is 38.1 Å². The van der Waals surface area contributed by atoms with Gasteiger partial charge in [0.1, 0.15) is 5.69 Å². The van der Waals surface area contributed by atoms with Gasteiger partial charge in [-0.2, -0.15) is 10.1 Å². The summed E-state index contributed by atoms with van der Waals surface area (Å²) in [6.07, 6.45) is 0. The van der Waals surface area contributed by atoms with Gasteiger partial charge in [0.2, 0.25) is 5.82 Å². The summed E-state index contributed by atoms with van der Waals surface area (Å²) >= 11 is 6.15. The zero-order valence-corrected chi connectivity index (χ0v) is 11.7. The topological polar surface area (TPSA) is 64.7 Å². The van der Waals surface area contributed by atoms with E-state index in [1.165, 1.54) is 0 Å². The van der Waals surface area contributed by atoms with Crippen LogP contribution >= 0.6 is 11.6 Å². The molecule has 0 aliphatic carbocycles.